The lowest BCUT2D eigenvalue weighted by molar-refractivity contribution is 0.416. The molecule has 0 atom stereocenters. The molecule has 0 spiro atoms. The van der Waals surface area contributed by atoms with Crippen LogP contribution in [0.5, 0.6) is 5.75 Å². The van der Waals surface area contributed by atoms with E-state index in [0.717, 1.165) is 24.1 Å². The molecule has 0 aliphatic carbocycles. The van der Waals surface area contributed by atoms with E-state index in [-0.39, 0.29) is 0 Å². The average molecular weight is 269 g/mol. The van der Waals surface area contributed by atoms with Crippen molar-refractivity contribution in [2.24, 2.45) is 0 Å². The van der Waals surface area contributed by atoms with Crippen LogP contribution in [-0.4, -0.2) is 16.9 Å². The van der Waals surface area contributed by atoms with E-state index in [9.17, 15) is 0 Å². The Morgan fingerprint density at radius 1 is 1.35 bits per heavy atom. The lowest BCUT2D eigenvalue weighted by atomic mass is 10.1. The standard InChI is InChI=1S/C16H19N3O/c1-3-4-5-8-19-12-14(11-18-19)15-7-6-13(10-17)9-16(15)20-2/h6-7,9,11-12H,3-5,8H2,1-2H3. The SMILES string of the molecule is CCCCCn1cc(-c2ccc(C#N)cc2OC)cn1. The molecule has 2 aromatic rings. The molecule has 1 aromatic heterocycles. The molecule has 0 N–H and O–H groups in total. The average Bonchev–Trinajstić information content (AvgIpc) is 2.95. The molecular weight excluding hydrogens is 250 g/mol. The molecule has 20 heavy (non-hydrogen) atoms. The van der Waals surface area contributed by atoms with Gasteiger partial charge in [-0.2, -0.15) is 10.4 Å². The molecule has 1 heterocycles. The summed E-state index contributed by atoms with van der Waals surface area (Å²) < 4.78 is 7.32. The van der Waals surface area contributed by atoms with Gasteiger partial charge in [0.2, 0.25) is 0 Å². The molecule has 0 radical (unpaired) electrons. The van der Waals surface area contributed by atoms with Crippen LogP contribution in [-0.2, 0) is 6.54 Å². The van der Waals surface area contributed by atoms with Gasteiger partial charge in [0.15, 0.2) is 0 Å². The minimum Gasteiger partial charge on any atom is -0.496 e. The first kappa shape index (κ1) is 14.1. The van der Waals surface area contributed by atoms with Crippen LogP contribution in [0.15, 0.2) is 30.6 Å². The fourth-order valence-corrected chi connectivity index (χ4v) is 2.15. The van der Waals surface area contributed by atoms with Gasteiger partial charge in [-0.25, -0.2) is 0 Å². The fourth-order valence-electron chi connectivity index (χ4n) is 2.15. The van der Waals surface area contributed by atoms with Gasteiger partial charge in [-0.15, -0.1) is 0 Å². The zero-order chi connectivity index (χ0) is 14.4. The van der Waals surface area contributed by atoms with Crippen LogP contribution < -0.4 is 4.74 Å². The summed E-state index contributed by atoms with van der Waals surface area (Å²) in [5.74, 6) is 0.706. The number of nitriles is 1. The molecule has 0 fully saturated rings. The Hall–Kier alpha value is -2.28. The van der Waals surface area contributed by atoms with E-state index < -0.39 is 0 Å². The van der Waals surface area contributed by atoms with Gasteiger partial charge in [0.25, 0.3) is 0 Å². The molecule has 0 saturated carbocycles. The predicted molar refractivity (Wildman–Crippen MR) is 78.5 cm³/mol. The van der Waals surface area contributed by atoms with Gasteiger partial charge < -0.3 is 4.74 Å². The zero-order valence-corrected chi connectivity index (χ0v) is 12.0. The number of rotatable bonds is 6. The van der Waals surface area contributed by atoms with Crippen LogP contribution in [0.1, 0.15) is 31.7 Å². The minimum absolute atomic E-state index is 0.598. The van der Waals surface area contributed by atoms with E-state index in [0.29, 0.717) is 11.3 Å². The van der Waals surface area contributed by atoms with E-state index in [4.69, 9.17) is 10.00 Å². The molecule has 0 bridgehead atoms. The molecule has 0 amide bonds. The molecule has 0 unspecified atom stereocenters. The highest BCUT2D eigenvalue weighted by Crippen LogP contribution is 2.30. The van der Waals surface area contributed by atoms with Gasteiger partial charge in [0.1, 0.15) is 5.75 Å². The van der Waals surface area contributed by atoms with E-state index in [1.54, 1.807) is 19.2 Å². The highest BCUT2D eigenvalue weighted by Gasteiger charge is 2.09. The Morgan fingerprint density at radius 2 is 2.20 bits per heavy atom. The number of aryl methyl sites for hydroxylation is 1. The second kappa shape index (κ2) is 6.76. The Labute approximate surface area is 119 Å². The second-order valence-electron chi connectivity index (χ2n) is 4.73. The van der Waals surface area contributed by atoms with E-state index >= 15 is 0 Å². The molecule has 4 nitrogen and oxygen atoms in total. The Bertz CT molecular complexity index is 610. The van der Waals surface area contributed by atoms with Crippen LogP contribution in [0.2, 0.25) is 0 Å². The van der Waals surface area contributed by atoms with Crippen LogP contribution in [0.25, 0.3) is 11.1 Å². The summed E-state index contributed by atoms with van der Waals surface area (Å²) in [6, 6.07) is 7.58. The monoisotopic (exact) mass is 269 g/mol. The number of nitrogens with zero attached hydrogens (tertiary/aromatic N) is 3. The fraction of sp³-hybridized carbons (Fsp3) is 0.375. The van der Waals surface area contributed by atoms with Crippen molar-refractivity contribution < 1.29 is 4.74 Å². The van der Waals surface area contributed by atoms with Crippen LogP contribution in [0.4, 0.5) is 0 Å². The molecule has 104 valence electrons. The van der Waals surface area contributed by atoms with Crippen molar-refractivity contribution in [1.29, 1.82) is 5.26 Å². The highest BCUT2D eigenvalue weighted by atomic mass is 16.5. The first-order valence-corrected chi connectivity index (χ1v) is 6.89. The van der Waals surface area contributed by atoms with E-state index in [2.05, 4.69) is 18.1 Å². The molecule has 1 aromatic carbocycles. The van der Waals surface area contributed by atoms with Crippen molar-refractivity contribution in [2.45, 2.75) is 32.7 Å². The smallest absolute Gasteiger partial charge is 0.128 e. The maximum absolute atomic E-state index is 8.92. The van der Waals surface area contributed by atoms with Crippen molar-refractivity contribution in [2.75, 3.05) is 7.11 Å². The second-order valence-corrected chi connectivity index (χ2v) is 4.73. The lowest BCUT2D eigenvalue weighted by Gasteiger charge is -2.06. The zero-order valence-electron chi connectivity index (χ0n) is 12.0. The summed E-state index contributed by atoms with van der Waals surface area (Å²) in [6.07, 6.45) is 7.44. The van der Waals surface area contributed by atoms with Gasteiger partial charge in [-0.3, -0.25) is 4.68 Å². The van der Waals surface area contributed by atoms with Crippen molar-refractivity contribution in [3.63, 3.8) is 0 Å². The minimum atomic E-state index is 0.598. The maximum Gasteiger partial charge on any atom is 0.128 e. The first-order chi connectivity index (χ1) is 9.78. The van der Waals surface area contributed by atoms with E-state index in [1.807, 2.05) is 23.1 Å². The molecule has 0 aliphatic rings. The van der Waals surface area contributed by atoms with Crippen molar-refractivity contribution in [3.8, 4) is 22.9 Å². The molecule has 4 heteroatoms. The van der Waals surface area contributed by atoms with Crippen molar-refractivity contribution in [1.82, 2.24) is 9.78 Å². The number of ether oxygens (including phenoxy) is 1. The van der Waals surface area contributed by atoms with Crippen molar-refractivity contribution in [3.05, 3.63) is 36.2 Å². The number of methoxy groups -OCH3 is 1. The molecule has 2 rings (SSSR count). The third-order valence-corrected chi connectivity index (χ3v) is 3.27. The topological polar surface area (TPSA) is 50.8 Å². The quantitative estimate of drug-likeness (QED) is 0.752. The van der Waals surface area contributed by atoms with Gasteiger partial charge in [0.05, 0.1) is 24.9 Å². The van der Waals surface area contributed by atoms with Gasteiger partial charge in [-0.05, 0) is 24.6 Å². The summed E-state index contributed by atoms with van der Waals surface area (Å²) in [5.41, 5.74) is 2.58. The molecule has 0 aliphatic heterocycles. The summed E-state index contributed by atoms with van der Waals surface area (Å²) in [4.78, 5) is 0. The van der Waals surface area contributed by atoms with Crippen molar-refractivity contribution >= 4 is 0 Å². The Kier molecular flexibility index (Phi) is 4.78. The van der Waals surface area contributed by atoms with Crippen LogP contribution >= 0.6 is 0 Å². The van der Waals surface area contributed by atoms with Gasteiger partial charge in [-0.1, -0.05) is 19.8 Å². The largest absolute Gasteiger partial charge is 0.496 e. The maximum atomic E-state index is 8.92. The van der Waals surface area contributed by atoms with Gasteiger partial charge >= 0.3 is 0 Å². The van der Waals surface area contributed by atoms with Crippen LogP contribution in [0, 0.1) is 11.3 Å². The summed E-state index contributed by atoms with van der Waals surface area (Å²) >= 11 is 0. The number of hydrogen-bond acceptors (Lipinski definition) is 3. The summed E-state index contributed by atoms with van der Waals surface area (Å²) in [6.45, 7) is 3.13. The van der Waals surface area contributed by atoms with E-state index in [1.165, 1.54) is 12.8 Å². The van der Waals surface area contributed by atoms with Gasteiger partial charge in [0, 0.05) is 23.9 Å². The summed E-state index contributed by atoms with van der Waals surface area (Å²) in [5, 5.41) is 13.3. The predicted octanol–water partition coefficient (Wildman–Crippen LogP) is 3.62. The normalized spacial score (nSPS) is 10.2. The number of hydrogen-bond donors (Lipinski definition) is 0. The Morgan fingerprint density at radius 3 is 2.90 bits per heavy atom. The molecular formula is C16H19N3O. The van der Waals surface area contributed by atoms with Crippen LogP contribution in [0.3, 0.4) is 0 Å². The molecule has 0 saturated heterocycles. The summed E-state index contributed by atoms with van der Waals surface area (Å²) in [7, 11) is 1.62. The highest BCUT2D eigenvalue weighted by molar-refractivity contribution is 5.70. The Balaban J connectivity index is 2.21. The lowest BCUT2D eigenvalue weighted by Crippen LogP contribution is -1.97. The third kappa shape index (κ3) is 3.18. The number of aromatic nitrogens is 2. The third-order valence-electron chi connectivity index (χ3n) is 3.27. The number of unbranched alkanes of at least 4 members (excludes halogenated alkanes) is 2. The first-order valence-electron chi connectivity index (χ1n) is 6.89. The number of benzene rings is 1.